The number of urea groups is 1. The average Bonchev–Trinajstić information content (AvgIpc) is 2.81. The number of amides is 3. The Morgan fingerprint density at radius 1 is 1.06 bits per heavy atom. The van der Waals surface area contributed by atoms with Crippen molar-refractivity contribution in [1.82, 2.24) is 4.90 Å². The molecule has 2 aromatic rings. The van der Waals surface area contributed by atoms with Crippen LogP contribution in [0.1, 0.15) is 47.2 Å². The first-order valence-corrected chi connectivity index (χ1v) is 10.6. The zero-order valence-electron chi connectivity index (χ0n) is 18.1. The lowest BCUT2D eigenvalue weighted by molar-refractivity contribution is -0.118. The standard InChI is InChI=1S/C25H27N3O4/c1-32-24(30)21-6-2-4-19(16-21)8-9-20-5-3-7-22(17-20)27-25(31)28-14-12-18(13-15-28)10-11-23(26)29/h2-7,16-18H,10-15H2,1H3,(H2,26,29)(H,27,31). The molecule has 0 bridgehead atoms. The van der Waals surface area contributed by atoms with Crippen LogP contribution < -0.4 is 11.1 Å². The lowest BCUT2D eigenvalue weighted by Crippen LogP contribution is -2.41. The average molecular weight is 434 g/mol. The Labute approximate surface area is 187 Å². The summed E-state index contributed by atoms with van der Waals surface area (Å²) in [5, 5.41) is 2.93. The maximum atomic E-state index is 12.6. The first kappa shape index (κ1) is 22.9. The molecule has 3 rings (SSSR count). The molecular weight excluding hydrogens is 406 g/mol. The molecular formula is C25H27N3O4. The molecule has 7 nitrogen and oxygen atoms in total. The fourth-order valence-electron chi connectivity index (χ4n) is 3.63. The lowest BCUT2D eigenvalue weighted by Gasteiger charge is -2.31. The van der Waals surface area contributed by atoms with Gasteiger partial charge < -0.3 is 20.7 Å². The van der Waals surface area contributed by atoms with Crippen molar-refractivity contribution in [2.45, 2.75) is 25.7 Å². The van der Waals surface area contributed by atoms with E-state index < -0.39 is 5.97 Å². The smallest absolute Gasteiger partial charge is 0.337 e. The van der Waals surface area contributed by atoms with Crippen LogP contribution in [0, 0.1) is 17.8 Å². The quantitative estimate of drug-likeness (QED) is 0.557. The highest BCUT2D eigenvalue weighted by molar-refractivity contribution is 5.90. The highest BCUT2D eigenvalue weighted by atomic mass is 16.5. The van der Waals surface area contributed by atoms with Gasteiger partial charge in [-0.3, -0.25) is 4.79 Å². The molecule has 7 heteroatoms. The van der Waals surface area contributed by atoms with E-state index in [-0.39, 0.29) is 11.9 Å². The predicted molar refractivity (Wildman–Crippen MR) is 122 cm³/mol. The Balaban J connectivity index is 1.58. The van der Waals surface area contributed by atoms with Gasteiger partial charge in [0.25, 0.3) is 0 Å². The van der Waals surface area contributed by atoms with Crippen molar-refractivity contribution in [3.8, 4) is 11.8 Å². The third kappa shape index (κ3) is 6.61. The number of benzene rings is 2. The third-order valence-corrected chi connectivity index (χ3v) is 5.45. The fourth-order valence-corrected chi connectivity index (χ4v) is 3.63. The Hall–Kier alpha value is -3.79. The summed E-state index contributed by atoms with van der Waals surface area (Å²) in [4.78, 5) is 37.0. The maximum absolute atomic E-state index is 12.6. The van der Waals surface area contributed by atoms with Crippen LogP contribution in [0.5, 0.6) is 0 Å². The predicted octanol–water partition coefficient (Wildman–Crippen LogP) is 3.38. The molecule has 0 aliphatic carbocycles. The minimum atomic E-state index is -0.407. The van der Waals surface area contributed by atoms with Gasteiger partial charge in [-0.05, 0) is 61.6 Å². The number of hydrogen-bond acceptors (Lipinski definition) is 4. The van der Waals surface area contributed by atoms with Gasteiger partial charge in [0.15, 0.2) is 0 Å². The Kier molecular flexibility index (Phi) is 7.87. The zero-order chi connectivity index (χ0) is 22.9. The lowest BCUT2D eigenvalue weighted by atomic mass is 9.92. The van der Waals surface area contributed by atoms with E-state index in [1.165, 1.54) is 7.11 Å². The van der Waals surface area contributed by atoms with Gasteiger partial charge in [0.2, 0.25) is 5.91 Å². The summed E-state index contributed by atoms with van der Waals surface area (Å²) in [7, 11) is 1.34. The number of anilines is 1. The van der Waals surface area contributed by atoms with Crippen molar-refractivity contribution >= 4 is 23.6 Å². The van der Waals surface area contributed by atoms with Gasteiger partial charge in [0, 0.05) is 36.3 Å². The topological polar surface area (TPSA) is 102 Å². The minimum Gasteiger partial charge on any atom is -0.465 e. The van der Waals surface area contributed by atoms with Gasteiger partial charge in [0.05, 0.1) is 12.7 Å². The van der Waals surface area contributed by atoms with E-state index in [1.54, 1.807) is 23.1 Å². The van der Waals surface area contributed by atoms with Crippen molar-refractivity contribution in [1.29, 1.82) is 0 Å². The van der Waals surface area contributed by atoms with Gasteiger partial charge in [-0.1, -0.05) is 24.0 Å². The number of methoxy groups -OCH3 is 1. The SMILES string of the molecule is COC(=O)c1cccc(C#Cc2cccc(NC(=O)N3CCC(CCC(N)=O)CC3)c2)c1. The number of nitrogens with zero attached hydrogens (tertiary/aromatic N) is 1. The second kappa shape index (κ2) is 11.0. The Morgan fingerprint density at radius 3 is 2.38 bits per heavy atom. The van der Waals surface area contributed by atoms with Gasteiger partial charge >= 0.3 is 12.0 Å². The molecule has 1 aliphatic rings. The number of carbonyl (C=O) groups is 3. The summed E-state index contributed by atoms with van der Waals surface area (Å²) < 4.78 is 4.73. The van der Waals surface area contributed by atoms with Crippen LogP contribution in [0.25, 0.3) is 0 Å². The second-order valence-corrected chi connectivity index (χ2v) is 7.77. The van der Waals surface area contributed by atoms with Crippen molar-refractivity contribution in [2.24, 2.45) is 11.7 Å². The minimum absolute atomic E-state index is 0.144. The van der Waals surface area contributed by atoms with Crippen LogP contribution in [-0.2, 0) is 9.53 Å². The van der Waals surface area contributed by atoms with E-state index in [4.69, 9.17) is 10.5 Å². The molecule has 1 heterocycles. The number of carbonyl (C=O) groups excluding carboxylic acids is 3. The highest BCUT2D eigenvalue weighted by Gasteiger charge is 2.23. The van der Waals surface area contributed by atoms with Crippen molar-refractivity contribution in [3.63, 3.8) is 0 Å². The van der Waals surface area contributed by atoms with Crippen LogP contribution in [0.15, 0.2) is 48.5 Å². The number of ether oxygens (including phenoxy) is 1. The number of primary amides is 1. The van der Waals surface area contributed by atoms with E-state index >= 15 is 0 Å². The number of hydrogen-bond donors (Lipinski definition) is 2. The summed E-state index contributed by atoms with van der Waals surface area (Å²) >= 11 is 0. The van der Waals surface area contributed by atoms with Gasteiger partial charge in [-0.2, -0.15) is 0 Å². The van der Waals surface area contributed by atoms with Crippen molar-refractivity contribution < 1.29 is 19.1 Å². The first-order chi connectivity index (χ1) is 15.4. The van der Waals surface area contributed by atoms with Gasteiger partial charge in [-0.15, -0.1) is 0 Å². The van der Waals surface area contributed by atoms with Crippen LogP contribution in [0.2, 0.25) is 0 Å². The normalized spacial score (nSPS) is 13.6. The molecule has 0 spiro atoms. The van der Waals surface area contributed by atoms with Crippen LogP contribution in [0.3, 0.4) is 0 Å². The maximum Gasteiger partial charge on any atom is 0.337 e. The van der Waals surface area contributed by atoms with Crippen LogP contribution >= 0.6 is 0 Å². The summed E-state index contributed by atoms with van der Waals surface area (Å²) in [6.45, 7) is 1.32. The van der Waals surface area contributed by atoms with E-state index in [2.05, 4.69) is 17.2 Å². The number of piperidine rings is 1. The molecule has 3 amide bonds. The molecule has 32 heavy (non-hydrogen) atoms. The summed E-state index contributed by atoms with van der Waals surface area (Å²) in [6, 6.07) is 14.1. The number of esters is 1. The highest BCUT2D eigenvalue weighted by Crippen LogP contribution is 2.22. The first-order valence-electron chi connectivity index (χ1n) is 10.6. The second-order valence-electron chi connectivity index (χ2n) is 7.77. The van der Waals surface area contributed by atoms with E-state index in [0.29, 0.717) is 42.2 Å². The number of nitrogens with two attached hydrogens (primary N) is 1. The number of nitrogens with one attached hydrogen (secondary N) is 1. The van der Waals surface area contributed by atoms with Crippen LogP contribution in [0.4, 0.5) is 10.5 Å². The summed E-state index contributed by atoms with van der Waals surface area (Å²) in [5.74, 6) is 5.85. The van der Waals surface area contributed by atoms with Crippen molar-refractivity contribution in [3.05, 3.63) is 65.2 Å². The molecule has 1 aliphatic heterocycles. The summed E-state index contributed by atoms with van der Waals surface area (Å²) in [6.07, 6.45) is 2.93. The van der Waals surface area contributed by atoms with Crippen LogP contribution in [-0.4, -0.2) is 43.0 Å². The molecule has 1 fully saturated rings. The molecule has 166 valence electrons. The molecule has 2 aromatic carbocycles. The third-order valence-electron chi connectivity index (χ3n) is 5.45. The molecule has 3 N–H and O–H groups in total. The molecule has 0 saturated carbocycles. The Bertz CT molecular complexity index is 1050. The largest absolute Gasteiger partial charge is 0.465 e. The summed E-state index contributed by atoms with van der Waals surface area (Å²) in [5.41, 5.74) is 7.77. The molecule has 0 aromatic heterocycles. The van der Waals surface area contributed by atoms with Gasteiger partial charge in [-0.25, -0.2) is 9.59 Å². The van der Waals surface area contributed by atoms with E-state index in [1.807, 2.05) is 30.3 Å². The molecule has 0 unspecified atom stereocenters. The van der Waals surface area contributed by atoms with E-state index in [9.17, 15) is 14.4 Å². The number of likely N-dealkylation sites (tertiary alicyclic amines) is 1. The number of rotatable bonds is 5. The monoisotopic (exact) mass is 433 g/mol. The van der Waals surface area contributed by atoms with E-state index in [0.717, 1.165) is 24.8 Å². The molecule has 1 saturated heterocycles. The van der Waals surface area contributed by atoms with Gasteiger partial charge in [0.1, 0.15) is 0 Å². The Morgan fingerprint density at radius 2 is 1.72 bits per heavy atom. The van der Waals surface area contributed by atoms with Crippen molar-refractivity contribution in [2.75, 3.05) is 25.5 Å². The zero-order valence-corrected chi connectivity index (χ0v) is 18.1. The fraction of sp³-hybridized carbons (Fsp3) is 0.320. The molecule has 0 radical (unpaired) electrons. The molecule has 0 atom stereocenters.